The highest BCUT2D eigenvalue weighted by atomic mass is 32.1. The fourth-order valence-electron chi connectivity index (χ4n) is 4.66. The Labute approximate surface area is 178 Å². The van der Waals surface area contributed by atoms with Gasteiger partial charge in [0.25, 0.3) is 5.69 Å². The van der Waals surface area contributed by atoms with Crippen molar-refractivity contribution in [1.82, 2.24) is 9.80 Å². The molecule has 0 N–H and O–H groups in total. The van der Waals surface area contributed by atoms with E-state index >= 15 is 0 Å². The molecule has 1 atom stereocenters. The van der Waals surface area contributed by atoms with Gasteiger partial charge in [-0.25, -0.2) is 0 Å². The number of anilines is 1. The summed E-state index contributed by atoms with van der Waals surface area (Å²) in [4.78, 5) is 42.7. The molecule has 8 nitrogen and oxygen atoms in total. The van der Waals surface area contributed by atoms with Crippen molar-refractivity contribution in [3.63, 3.8) is 0 Å². The van der Waals surface area contributed by atoms with E-state index in [4.69, 9.17) is 12.2 Å². The molecule has 0 aliphatic carbocycles. The molecule has 0 bridgehead atoms. The Bertz CT molecular complexity index is 1060. The maximum absolute atomic E-state index is 13.7. The van der Waals surface area contributed by atoms with Crippen LogP contribution in [-0.4, -0.2) is 52.8 Å². The molecule has 154 valence electrons. The number of non-ortho nitro benzene ring substituents is 1. The number of carbonyl (C=O) groups is 2. The van der Waals surface area contributed by atoms with Crippen molar-refractivity contribution in [1.29, 1.82) is 0 Å². The minimum absolute atomic E-state index is 0.0445. The van der Waals surface area contributed by atoms with Gasteiger partial charge in [0.05, 0.1) is 11.0 Å². The Morgan fingerprint density at radius 3 is 2.20 bits per heavy atom. The number of hydrogen-bond acceptors (Lipinski definition) is 6. The van der Waals surface area contributed by atoms with E-state index in [1.807, 2.05) is 35.2 Å². The second-order valence-corrected chi connectivity index (χ2v) is 8.02. The van der Waals surface area contributed by atoms with Crippen molar-refractivity contribution < 1.29 is 14.5 Å². The highest BCUT2D eigenvalue weighted by molar-refractivity contribution is 7.80. The largest absolute Gasteiger partial charge is 0.366 e. The molecule has 2 aromatic rings. The average molecular weight is 424 g/mol. The molecular weight excluding hydrogens is 404 g/mol. The van der Waals surface area contributed by atoms with Crippen LogP contribution in [0.4, 0.5) is 11.4 Å². The van der Waals surface area contributed by atoms with Crippen LogP contribution in [0.2, 0.25) is 0 Å². The molecule has 1 saturated heterocycles. The van der Waals surface area contributed by atoms with Crippen LogP contribution in [0.1, 0.15) is 17.2 Å². The van der Waals surface area contributed by atoms with Gasteiger partial charge < -0.3 is 4.90 Å². The number of thiocarbonyl (C=S) groups is 1. The van der Waals surface area contributed by atoms with E-state index in [0.717, 1.165) is 11.3 Å². The Balaban J connectivity index is 2.00. The first kappa shape index (κ1) is 20.0. The number of nitro benzene ring substituents is 1. The molecule has 1 fully saturated rings. The van der Waals surface area contributed by atoms with Gasteiger partial charge in [0.2, 0.25) is 11.8 Å². The molecule has 0 saturated carbocycles. The predicted molar refractivity (Wildman–Crippen MR) is 115 cm³/mol. The first-order chi connectivity index (χ1) is 14.2. The summed E-state index contributed by atoms with van der Waals surface area (Å²) in [7, 11) is 4.91. The maximum Gasteiger partial charge on any atom is 0.269 e. The first-order valence-electron chi connectivity index (χ1n) is 9.35. The number of benzene rings is 2. The smallest absolute Gasteiger partial charge is 0.269 e. The van der Waals surface area contributed by atoms with Gasteiger partial charge >= 0.3 is 0 Å². The van der Waals surface area contributed by atoms with Crippen LogP contribution in [0.3, 0.4) is 0 Å². The lowest BCUT2D eigenvalue weighted by Gasteiger charge is -2.52. The minimum Gasteiger partial charge on any atom is -0.366 e. The first-order valence-corrected chi connectivity index (χ1v) is 9.76. The summed E-state index contributed by atoms with van der Waals surface area (Å²) in [6.07, 6.45) is 0.0445. The lowest BCUT2D eigenvalue weighted by Crippen LogP contribution is -2.68. The molecule has 9 heteroatoms. The van der Waals surface area contributed by atoms with E-state index in [0.29, 0.717) is 5.56 Å². The zero-order valence-electron chi connectivity index (χ0n) is 16.7. The van der Waals surface area contributed by atoms with Crippen LogP contribution >= 0.6 is 12.2 Å². The van der Waals surface area contributed by atoms with Crippen molar-refractivity contribution in [3.05, 3.63) is 69.8 Å². The molecule has 0 aromatic heterocycles. The molecule has 1 spiro atoms. The molecular formula is C21H20N4O4S. The fraction of sp³-hybridized carbons (Fsp3) is 0.286. The van der Waals surface area contributed by atoms with Crippen LogP contribution in [0.15, 0.2) is 48.5 Å². The highest BCUT2D eigenvalue weighted by Crippen LogP contribution is 2.52. The molecule has 0 unspecified atom stereocenters. The number of nitro groups is 1. The summed E-state index contributed by atoms with van der Waals surface area (Å²) in [5, 5.41) is 11.5. The van der Waals surface area contributed by atoms with E-state index in [1.165, 1.54) is 21.9 Å². The quantitative estimate of drug-likeness (QED) is 0.319. The molecule has 2 aliphatic rings. The number of hydrogen-bond donors (Lipinski definition) is 0. The third-order valence-electron chi connectivity index (χ3n) is 6.04. The van der Waals surface area contributed by atoms with Gasteiger partial charge in [-0.2, -0.15) is 0 Å². The van der Waals surface area contributed by atoms with Crippen molar-refractivity contribution in [2.24, 2.45) is 5.41 Å². The third-order valence-corrected chi connectivity index (χ3v) is 6.59. The monoisotopic (exact) mass is 424 g/mol. The summed E-state index contributed by atoms with van der Waals surface area (Å²) in [6.45, 7) is 0. The van der Waals surface area contributed by atoms with E-state index in [9.17, 15) is 19.7 Å². The maximum atomic E-state index is 13.7. The van der Waals surface area contributed by atoms with Crippen LogP contribution in [-0.2, 0) is 16.0 Å². The van der Waals surface area contributed by atoms with Crippen molar-refractivity contribution >= 4 is 40.5 Å². The van der Waals surface area contributed by atoms with E-state index < -0.39 is 28.2 Å². The zero-order chi connectivity index (χ0) is 21.8. The van der Waals surface area contributed by atoms with Gasteiger partial charge in [-0.05, 0) is 29.4 Å². The lowest BCUT2D eigenvalue weighted by molar-refractivity contribution is -0.384. The standard InChI is InChI=1S/C21H20N4O4S/c1-22-16-10-9-15(25(28)29)11-14(16)12-21(17(22)13-7-5-4-6-8-13)18(26)23(2)20(30)24(3)19(21)27/h4-11,17H,12H2,1-3H3/t17-/m0/s1. The van der Waals surface area contributed by atoms with Crippen LogP contribution in [0.5, 0.6) is 0 Å². The summed E-state index contributed by atoms with van der Waals surface area (Å²) in [5.74, 6) is -0.818. The van der Waals surface area contributed by atoms with Crippen LogP contribution in [0, 0.1) is 15.5 Å². The number of rotatable bonds is 2. The zero-order valence-corrected chi connectivity index (χ0v) is 17.5. The molecule has 2 aliphatic heterocycles. The predicted octanol–water partition coefficient (Wildman–Crippen LogP) is 2.53. The molecule has 4 rings (SSSR count). The van der Waals surface area contributed by atoms with Crippen LogP contribution in [0.25, 0.3) is 0 Å². The van der Waals surface area contributed by atoms with Crippen LogP contribution < -0.4 is 4.90 Å². The normalized spacial score (nSPS) is 20.6. The van der Waals surface area contributed by atoms with Crippen molar-refractivity contribution in [3.8, 4) is 0 Å². The molecule has 2 aromatic carbocycles. The SMILES string of the molecule is CN1C(=O)C2(Cc3cc([N+](=O)[O-])ccc3N(C)[C@H]2c2ccccc2)C(=O)N(C)C1=S. The van der Waals surface area contributed by atoms with Crippen molar-refractivity contribution in [2.75, 3.05) is 26.0 Å². The molecule has 30 heavy (non-hydrogen) atoms. The summed E-state index contributed by atoms with van der Waals surface area (Å²) < 4.78 is 0. The van der Waals surface area contributed by atoms with Gasteiger partial charge in [0, 0.05) is 45.4 Å². The lowest BCUT2D eigenvalue weighted by atomic mass is 9.66. The Hall–Kier alpha value is -3.33. The highest BCUT2D eigenvalue weighted by Gasteiger charge is 2.62. The number of nitrogens with zero attached hydrogens (tertiary/aromatic N) is 4. The topological polar surface area (TPSA) is 87.0 Å². The fourth-order valence-corrected chi connectivity index (χ4v) is 4.82. The van der Waals surface area contributed by atoms with Gasteiger partial charge in [-0.1, -0.05) is 30.3 Å². The number of carbonyl (C=O) groups excluding carboxylic acids is 2. The molecule has 0 radical (unpaired) electrons. The van der Waals surface area contributed by atoms with E-state index in [1.54, 1.807) is 27.2 Å². The van der Waals surface area contributed by atoms with Gasteiger partial charge in [0.15, 0.2) is 10.5 Å². The Morgan fingerprint density at radius 1 is 1.03 bits per heavy atom. The summed E-state index contributed by atoms with van der Waals surface area (Å²) >= 11 is 5.28. The van der Waals surface area contributed by atoms with Gasteiger partial charge in [0.1, 0.15) is 0 Å². The van der Waals surface area contributed by atoms with E-state index in [-0.39, 0.29) is 17.2 Å². The summed E-state index contributed by atoms with van der Waals surface area (Å²) in [6, 6.07) is 13.3. The Kier molecular flexibility index (Phi) is 4.58. The molecule has 2 heterocycles. The second kappa shape index (κ2) is 6.88. The van der Waals surface area contributed by atoms with Crippen molar-refractivity contribution in [2.45, 2.75) is 12.5 Å². The third kappa shape index (κ3) is 2.62. The second-order valence-electron chi connectivity index (χ2n) is 7.65. The minimum atomic E-state index is -1.50. The Morgan fingerprint density at radius 2 is 1.63 bits per heavy atom. The van der Waals surface area contributed by atoms with Gasteiger partial charge in [-0.3, -0.25) is 29.5 Å². The average Bonchev–Trinajstić information content (AvgIpc) is 2.75. The van der Waals surface area contributed by atoms with E-state index in [2.05, 4.69) is 0 Å². The summed E-state index contributed by atoms with van der Waals surface area (Å²) in [5.41, 5.74) is 0.558. The number of amides is 2. The van der Waals surface area contributed by atoms with Gasteiger partial charge in [-0.15, -0.1) is 0 Å². The molecule has 2 amide bonds. The number of fused-ring (bicyclic) bond motifs is 1.